The zero-order valence-electron chi connectivity index (χ0n) is 17.5. The van der Waals surface area contributed by atoms with Gasteiger partial charge < -0.3 is 9.42 Å². The summed E-state index contributed by atoms with van der Waals surface area (Å²) in [5.74, 6) is 1.17. The first-order valence-electron chi connectivity index (χ1n) is 10.7. The Balaban J connectivity index is 1.33. The Kier molecular flexibility index (Phi) is 5.94. The normalized spacial score (nSPS) is 20.1. The highest BCUT2D eigenvalue weighted by Gasteiger charge is 2.37. The van der Waals surface area contributed by atoms with E-state index in [1.165, 1.54) is 24.8 Å². The van der Waals surface area contributed by atoms with Gasteiger partial charge in [-0.3, -0.25) is 9.69 Å². The number of rotatable bonds is 6. The van der Waals surface area contributed by atoms with Gasteiger partial charge in [0.15, 0.2) is 0 Å². The summed E-state index contributed by atoms with van der Waals surface area (Å²) in [7, 11) is 0. The minimum absolute atomic E-state index is 0.0153. The lowest BCUT2D eigenvalue weighted by Gasteiger charge is -2.40. The maximum absolute atomic E-state index is 13.2. The molecule has 29 heavy (non-hydrogen) atoms. The average Bonchev–Trinajstić information content (AvgIpc) is 3.34. The van der Waals surface area contributed by atoms with E-state index in [1.807, 2.05) is 18.7 Å². The standard InChI is InChI=1S/C20H31N7O2/c1-16-18(17(2)29-22-16)13-25-8-10-26(11-9-25)19(28)12-20(6-4-3-5-7-20)14-27-15-21-23-24-27/h15H,3-14H2,1-2H3. The Labute approximate surface area is 171 Å². The van der Waals surface area contributed by atoms with Crippen molar-refractivity contribution in [2.45, 2.75) is 65.5 Å². The largest absolute Gasteiger partial charge is 0.361 e. The van der Waals surface area contributed by atoms with Crippen molar-refractivity contribution in [2.24, 2.45) is 5.41 Å². The predicted octanol–water partition coefficient (Wildman–Crippen LogP) is 1.96. The Morgan fingerprint density at radius 2 is 1.90 bits per heavy atom. The Bertz CT molecular complexity index is 783. The molecule has 2 fully saturated rings. The van der Waals surface area contributed by atoms with E-state index in [2.05, 4.69) is 25.6 Å². The van der Waals surface area contributed by atoms with Crippen molar-refractivity contribution in [3.63, 3.8) is 0 Å². The molecule has 1 aliphatic carbocycles. The van der Waals surface area contributed by atoms with Gasteiger partial charge >= 0.3 is 0 Å². The maximum atomic E-state index is 13.2. The fourth-order valence-corrected chi connectivity index (χ4v) is 4.83. The van der Waals surface area contributed by atoms with E-state index < -0.39 is 0 Å². The number of hydrogen-bond donors (Lipinski definition) is 0. The fourth-order valence-electron chi connectivity index (χ4n) is 4.83. The molecule has 0 aromatic carbocycles. The van der Waals surface area contributed by atoms with E-state index in [-0.39, 0.29) is 11.3 Å². The predicted molar refractivity (Wildman–Crippen MR) is 106 cm³/mol. The highest BCUT2D eigenvalue weighted by Crippen LogP contribution is 2.41. The third-order valence-electron chi connectivity index (χ3n) is 6.62. The summed E-state index contributed by atoms with van der Waals surface area (Å²) in [6, 6.07) is 0. The first-order valence-corrected chi connectivity index (χ1v) is 10.7. The summed E-state index contributed by atoms with van der Waals surface area (Å²) in [5.41, 5.74) is 2.12. The summed E-state index contributed by atoms with van der Waals surface area (Å²) in [6.45, 7) is 8.85. The van der Waals surface area contributed by atoms with Crippen LogP contribution in [-0.2, 0) is 17.9 Å². The van der Waals surface area contributed by atoms with Gasteiger partial charge in [-0.15, -0.1) is 5.10 Å². The molecule has 3 heterocycles. The summed E-state index contributed by atoms with van der Waals surface area (Å²) < 4.78 is 7.07. The second-order valence-corrected chi connectivity index (χ2v) is 8.70. The summed E-state index contributed by atoms with van der Waals surface area (Å²) in [5, 5.41) is 15.6. The molecule has 9 heteroatoms. The van der Waals surface area contributed by atoms with Crippen LogP contribution in [0, 0.1) is 19.3 Å². The van der Waals surface area contributed by atoms with E-state index in [0.29, 0.717) is 6.42 Å². The van der Waals surface area contributed by atoms with Gasteiger partial charge in [-0.25, -0.2) is 4.68 Å². The SMILES string of the molecule is Cc1noc(C)c1CN1CCN(C(=O)CC2(Cn3cnnn3)CCCCC2)CC1. The molecule has 158 valence electrons. The molecule has 0 spiro atoms. The van der Waals surface area contributed by atoms with Crippen molar-refractivity contribution < 1.29 is 9.32 Å². The smallest absolute Gasteiger partial charge is 0.223 e. The molecule has 0 unspecified atom stereocenters. The van der Waals surface area contributed by atoms with Crippen molar-refractivity contribution >= 4 is 5.91 Å². The van der Waals surface area contributed by atoms with Crippen LogP contribution in [0.5, 0.6) is 0 Å². The maximum Gasteiger partial charge on any atom is 0.223 e. The van der Waals surface area contributed by atoms with E-state index in [0.717, 1.165) is 63.6 Å². The molecule has 2 aliphatic rings. The Morgan fingerprint density at radius 3 is 2.52 bits per heavy atom. The van der Waals surface area contributed by atoms with Gasteiger partial charge in [0, 0.05) is 44.7 Å². The summed E-state index contributed by atoms with van der Waals surface area (Å²) in [4.78, 5) is 17.6. The number of amides is 1. The molecule has 2 aromatic heterocycles. The Hall–Kier alpha value is -2.29. The fraction of sp³-hybridized carbons (Fsp3) is 0.750. The number of carbonyl (C=O) groups excluding carboxylic acids is 1. The quantitative estimate of drug-likeness (QED) is 0.730. The number of aromatic nitrogens is 5. The lowest BCUT2D eigenvalue weighted by Crippen LogP contribution is -2.49. The molecule has 2 aromatic rings. The first kappa shape index (κ1) is 20.0. The molecule has 9 nitrogen and oxygen atoms in total. The molecule has 1 saturated carbocycles. The van der Waals surface area contributed by atoms with Crippen LogP contribution < -0.4 is 0 Å². The summed E-state index contributed by atoms with van der Waals surface area (Å²) in [6.07, 6.45) is 8.02. The number of tetrazole rings is 1. The third-order valence-corrected chi connectivity index (χ3v) is 6.62. The number of carbonyl (C=O) groups is 1. The van der Waals surface area contributed by atoms with Crippen molar-refractivity contribution in [2.75, 3.05) is 26.2 Å². The van der Waals surface area contributed by atoms with Gasteiger partial charge in [0.25, 0.3) is 0 Å². The molecule has 0 atom stereocenters. The number of nitrogens with zero attached hydrogens (tertiary/aromatic N) is 7. The van der Waals surface area contributed by atoms with Crippen LogP contribution in [-0.4, -0.2) is 67.2 Å². The molecule has 0 radical (unpaired) electrons. The van der Waals surface area contributed by atoms with E-state index in [9.17, 15) is 4.79 Å². The minimum Gasteiger partial charge on any atom is -0.361 e. The first-order chi connectivity index (χ1) is 14.0. The van der Waals surface area contributed by atoms with Gasteiger partial charge in [0.2, 0.25) is 5.91 Å². The zero-order chi connectivity index (χ0) is 20.3. The average molecular weight is 402 g/mol. The monoisotopic (exact) mass is 401 g/mol. The highest BCUT2D eigenvalue weighted by atomic mass is 16.5. The van der Waals surface area contributed by atoms with Gasteiger partial charge in [-0.1, -0.05) is 24.4 Å². The van der Waals surface area contributed by atoms with E-state index in [1.54, 1.807) is 11.0 Å². The highest BCUT2D eigenvalue weighted by molar-refractivity contribution is 5.77. The molecule has 1 aliphatic heterocycles. The van der Waals surface area contributed by atoms with Crippen molar-refractivity contribution in [3.05, 3.63) is 23.3 Å². The van der Waals surface area contributed by atoms with Crippen molar-refractivity contribution in [1.82, 2.24) is 35.2 Å². The van der Waals surface area contributed by atoms with Crippen LogP contribution in [0.25, 0.3) is 0 Å². The molecule has 0 bridgehead atoms. The van der Waals surface area contributed by atoms with E-state index >= 15 is 0 Å². The molecular formula is C20H31N7O2. The van der Waals surface area contributed by atoms with Gasteiger partial charge in [-0.05, 0) is 42.5 Å². The number of hydrogen-bond acceptors (Lipinski definition) is 7. The lowest BCUT2D eigenvalue weighted by atomic mass is 9.71. The minimum atomic E-state index is -0.0153. The van der Waals surface area contributed by atoms with E-state index in [4.69, 9.17) is 4.52 Å². The second kappa shape index (κ2) is 8.61. The number of piperazine rings is 1. The van der Waals surface area contributed by atoms with Gasteiger partial charge in [0.1, 0.15) is 12.1 Å². The van der Waals surface area contributed by atoms with Crippen molar-refractivity contribution in [1.29, 1.82) is 0 Å². The van der Waals surface area contributed by atoms with Crippen LogP contribution in [0.1, 0.15) is 55.5 Å². The van der Waals surface area contributed by atoms with Crippen LogP contribution in [0.2, 0.25) is 0 Å². The molecule has 1 saturated heterocycles. The van der Waals surface area contributed by atoms with Gasteiger partial charge in [-0.2, -0.15) is 0 Å². The van der Waals surface area contributed by atoms with Crippen LogP contribution in [0.4, 0.5) is 0 Å². The van der Waals surface area contributed by atoms with Crippen molar-refractivity contribution in [3.8, 4) is 0 Å². The zero-order valence-corrected chi connectivity index (χ0v) is 17.5. The van der Waals surface area contributed by atoms with Crippen LogP contribution in [0.3, 0.4) is 0 Å². The molecular weight excluding hydrogens is 370 g/mol. The lowest BCUT2D eigenvalue weighted by molar-refractivity contribution is -0.136. The number of aryl methyl sites for hydroxylation is 2. The van der Waals surface area contributed by atoms with Crippen LogP contribution in [0.15, 0.2) is 10.9 Å². The molecule has 1 amide bonds. The van der Waals surface area contributed by atoms with Crippen LogP contribution >= 0.6 is 0 Å². The third kappa shape index (κ3) is 4.66. The second-order valence-electron chi connectivity index (χ2n) is 8.70. The Morgan fingerprint density at radius 1 is 1.14 bits per heavy atom. The summed E-state index contributed by atoms with van der Waals surface area (Å²) >= 11 is 0. The van der Waals surface area contributed by atoms with Gasteiger partial charge in [0.05, 0.1) is 12.2 Å². The molecule has 0 N–H and O–H groups in total. The topological polar surface area (TPSA) is 93.2 Å². The molecule has 4 rings (SSSR count).